The van der Waals surface area contributed by atoms with Gasteiger partial charge in [0.15, 0.2) is 17.3 Å². The number of nitrogens with zero attached hydrogens (tertiary/aromatic N) is 7. The summed E-state index contributed by atoms with van der Waals surface area (Å²) < 4.78 is 103. The molecule has 0 N–H and O–H groups in total. The predicted molar refractivity (Wildman–Crippen MR) is 133 cm³/mol. The maximum absolute atomic E-state index is 13.6. The van der Waals surface area contributed by atoms with Gasteiger partial charge >= 0.3 is 12.4 Å². The van der Waals surface area contributed by atoms with Gasteiger partial charge in [0.05, 0.1) is 37.4 Å². The van der Waals surface area contributed by atoms with Gasteiger partial charge in [-0.15, -0.1) is 15.3 Å². The van der Waals surface area contributed by atoms with Crippen LogP contribution in [0, 0.1) is 12.7 Å². The van der Waals surface area contributed by atoms with Crippen molar-refractivity contribution < 1.29 is 35.5 Å². The minimum Gasteiger partial charge on any atom is -0.378 e. The molecule has 8 nitrogen and oxygen atoms in total. The molecule has 1 fully saturated rings. The zero-order chi connectivity index (χ0) is 29.5. The molecule has 0 radical (unpaired) electrons. The van der Waals surface area contributed by atoms with Gasteiger partial charge in [0.25, 0.3) is 0 Å². The normalized spacial score (nSPS) is 14.6. The van der Waals surface area contributed by atoms with Crippen molar-refractivity contribution in [2.75, 3.05) is 31.2 Å². The Balaban J connectivity index is 1.59. The fourth-order valence-electron chi connectivity index (χ4n) is 4.50. The van der Waals surface area contributed by atoms with Crippen molar-refractivity contribution in [2.24, 2.45) is 0 Å². The Hall–Kier alpha value is -3.72. The van der Waals surface area contributed by atoms with Crippen molar-refractivity contribution >= 4 is 17.4 Å². The van der Waals surface area contributed by atoms with Gasteiger partial charge < -0.3 is 14.2 Å². The smallest absolute Gasteiger partial charge is 0.378 e. The summed E-state index contributed by atoms with van der Waals surface area (Å²) in [5, 5.41) is 16.8. The van der Waals surface area contributed by atoms with E-state index in [0.717, 1.165) is 6.07 Å². The molecule has 2 aromatic carbocycles. The van der Waals surface area contributed by atoms with Crippen molar-refractivity contribution in [1.29, 1.82) is 0 Å². The fraction of sp³-hybridized carbons (Fsp3) is 0.360. The van der Waals surface area contributed by atoms with Gasteiger partial charge in [0.1, 0.15) is 11.6 Å². The van der Waals surface area contributed by atoms with Crippen LogP contribution in [0.2, 0.25) is 5.02 Å². The maximum atomic E-state index is 13.6. The van der Waals surface area contributed by atoms with Crippen LogP contribution in [-0.2, 0) is 30.2 Å². The number of hydrogen-bond donors (Lipinski definition) is 0. The number of anilines is 1. The van der Waals surface area contributed by atoms with Gasteiger partial charge in [0.2, 0.25) is 0 Å². The molecule has 1 saturated heterocycles. The Morgan fingerprint density at radius 2 is 1.54 bits per heavy atom. The second-order valence-electron chi connectivity index (χ2n) is 9.33. The van der Waals surface area contributed by atoms with Crippen LogP contribution in [0.3, 0.4) is 0 Å². The van der Waals surface area contributed by atoms with E-state index in [-0.39, 0.29) is 34.7 Å². The summed E-state index contributed by atoms with van der Waals surface area (Å²) in [6.45, 7) is 2.72. The van der Waals surface area contributed by atoms with E-state index in [1.807, 2.05) is 4.90 Å². The topological polar surface area (TPSA) is 73.9 Å². The largest absolute Gasteiger partial charge is 0.416 e. The third-order valence-corrected chi connectivity index (χ3v) is 6.84. The molecule has 3 heterocycles. The lowest BCUT2D eigenvalue weighted by Crippen LogP contribution is -2.38. The second-order valence-corrected chi connectivity index (χ2v) is 9.73. The molecule has 2 aromatic heterocycles. The van der Waals surface area contributed by atoms with E-state index >= 15 is 0 Å². The van der Waals surface area contributed by atoms with Gasteiger partial charge in [-0.2, -0.15) is 26.3 Å². The summed E-state index contributed by atoms with van der Waals surface area (Å²) in [6, 6.07) is 5.31. The lowest BCUT2D eigenvalue weighted by atomic mass is 10.0. The first-order valence-corrected chi connectivity index (χ1v) is 12.6. The molecule has 0 atom stereocenters. The van der Waals surface area contributed by atoms with Crippen molar-refractivity contribution in [2.45, 2.75) is 32.4 Å². The Bertz CT molecular complexity index is 1530. The highest BCUT2D eigenvalue weighted by Crippen LogP contribution is 2.37. The van der Waals surface area contributed by atoms with E-state index < -0.39 is 35.8 Å². The second kappa shape index (κ2) is 10.9. The summed E-state index contributed by atoms with van der Waals surface area (Å²) >= 11 is 6.23. The van der Waals surface area contributed by atoms with Crippen molar-refractivity contribution in [1.82, 2.24) is 29.8 Å². The highest BCUT2D eigenvalue weighted by atomic mass is 35.5. The lowest BCUT2D eigenvalue weighted by molar-refractivity contribution is -0.143. The van der Waals surface area contributed by atoms with Crippen molar-refractivity contribution in [3.05, 3.63) is 75.3 Å². The number of aromatic nitrogens is 6. The number of morpholine rings is 1. The number of rotatable bonds is 6. The standard InChI is InChI=1S/C25H21ClF7N7O/c1-14-34-36-22(39(14)13-16-2-3-19(27)11-20(16)26)21-23(38-4-6-41-7-5-38)40(37-35-21)12-15-8-17(24(28,29)30)10-18(9-15)25(31,32)33/h2-3,8-11H,4-7,12-13H2,1H3. The van der Waals surface area contributed by atoms with E-state index in [2.05, 4.69) is 20.5 Å². The summed E-state index contributed by atoms with van der Waals surface area (Å²) in [5.74, 6) is 0.490. The first-order valence-electron chi connectivity index (χ1n) is 12.2. The van der Waals surface area contributed by atoms with Gasteiger partial charge in [-0.1, -0.05) is 22.9 Å². The van der Waals surface area contributed by atoms with Crippen LogP contribution in [0.1, 0.15) is 28.1 Å². The number of hydrogen-bond acceptors (Lipinski definition) is 6. The van der Waals surface area contributed by atoms with Crippen LogP contribution >= 0.6 is 11.6 Å². The van der Waals surface area contributed by atoms with Crippen LogP contribution < -0.4 is 4.90 Å². The average molecular weight is 604 g/mol. The van der Waals surface area contributed by atoms with Gasteiger partial charge in [-0.25, -0.2) is 9.07 Å². The zero-order valence-electron chi connectivity index (χ0n) is 21.3. The van der Waals surface area contributed by atoms with Crippen LogP contribution in [-0.4, -0.2) is 56.1 Å². The Morgan fingerprint density at radius 1 is 0.878 bits per heavy atom. The van der Waals surface area contributed by atoms with Crippen LogP contribution in [0.25, 0.3) is 11.5 Å². The first-order chi connectivity index (χ1) is 19.3. The minimum absolute atomic E-state index is 0.0744. The third kappa shape index (κ3) is 6.15. The summed E-state index contributed by atoms with van der Waals surface area (Å²) in [6.07, 6.45) is -9.99. The summed E-state index contributed by atoms with van der Waals surface area (Å²) in [5.41, 5.74) is -2.37. The number of aryl methyl sites for hydroxylation is 1. The molecule has 4 aromatic rings. The Labute approximate surface area is 233 Å². The number of benzene rings is 2. The molecular weight excluding hydrogens is 583 g/mol. The predicted octanol–water partition coefficient (Wildman–Crippen LogP) is 5.61. The van der Waals surface area contributed by atoms with E-state index in [1.54, 1.807) is 11.5 Å². The molecule has 218 valence electrons. The molecule has 41 heavy (non-hydrogen) atoms. The third-order valence-electron chi connectivity index (χ3n) is 6.49. The van der Waals surface area contributed by atoms with Crippen LogP contribution in [0.4, 0.5) is 36.6 Å². The minimum atomic E-state index is -4.99. The first kappa shape index (κ1) is 28.8. The molecule has 0 spiro atoms. The molecule has 5 rings (SSSR count). The lowest BCUT2D eigenvalue weighted by Gasteiger charge is -2.29. The van der Waals surface area contributed by atoms with E-state index in [4.69, 9.17) is 16.3 Å². The Morgan fingerprint density at radius 3 is 2.15 bits per heavy atom. The van der Waals surface area contributed by atoms with E-state index in [0.29, 0.717) is 55.6 Å². The SMILES string of the molecule is Cc1nnc(-c2nnn(Cc3cc(C(F)(F)F)cc(C(F)(F)F)c3)c2N2CCOCC2)n1Cc1ccc(F)cc1Cl. The molecule has 1 aliphatic heterocycles. The maximum Gasteiger partial charge on any atom is 0.416 e. The highest BCUT2D eigenvalue weighted by Gasteiger charge is 2.37. The summed E-state index contributed by atoms with van der Waals surface area (Å²) in [7, 11) is 0. The van der Waals surface area contributed by atoms with Crippen LogP contribution in [0.15, 0.2) is 36.4 Å². The summed E-state index contributed by atoms with van der Waals surface area (Å²) in [4.78, 5) is 1.82. The molecule has 0 bridgehead atoms. The monoisotopic (exact) mass is 603 g/mol. The number of ether oxygens (including phenoxy) is 1. The average Bonchev–Trinajstić information content (AvgIpc) is 3.47. The van der Waals surface area contributed by atoms with Gasteiger partial charge in [-0.3, -0.25) is 0 Å². The molecule has 0 amide bonds. The molecule has 0 aliphatic carbocycles. The van der Waals surface area contributed by atoms with Gasteiger partial charge in [-0.05, 0) is 48.4 Å². The van der Waals surface area contributed by atoms with Gasteiger partial charge in [0, 0.05) is 18.1 Å². The molecule has 1 aliphatic rings. The molecule has 16 heteroatoms. The zero-order valence-corrected chi connectivity index (χ0v) is 22.0. The molecular formula is C25H21ClF7N7O. The molecule has 0 saturated carbocycles. The number of alkyl halides is 6. The van der Waals surface area contributed by atoms with E-state index in [9.17, 15) is 30.7 Å². The quantitative estimate of drug-likeness (QED) is 0.267. The number of halogens is 8. The fourth-order valence-corrected chi connectivity index (χ4v) is 4.72. The van der Waals surface area contributed by atoms with Crippen molar-refractivity contribution in [3.63, 3.8) is 0 Å². The van der Waals surface area contributed by atoms with E-state index in [1.165, 1.54) is 16.8 Å². The van der Waals surface area contributed by atoms with Crippen molar-refractivity contribution in [3.8, 4) is 11.5 Å². The Kier molecular flexibility index (Phi) is 7.68. The molecule has 0 unspecified atom stereocenters. The van der Waals surface area contributed by atoms with Crippen LogP contribution in [0.5, 0.6) is 0 Å². The highest BCUT2D eigenvalue weighted by molar-refractivity contribution is 6.31.